The molecule has 1 aliphatic heterocycles. The van der Waals surface area contributed by atoms with Crippen molar-refractivity contribution in [2.45, 2.75) is 19.4 Å². The molecule has 2 unspecified atom stereocenters. The van der Waals surface area contributed by atoms with Crippen LogP contribution >= 0.6 is 11.6 Å². The summed E-state index contributed by atoms with van der Waals surface area (Å²) in [5.74, 6) is 0.0813. The van der Waals surface area contributed by atoms with Crippen LogP contribution in [0.2, 0.25) is 5.02 Å². The van der Waals surface area contributed by atoms with Gasteiger partial charge in [-0.15, -0.1) is 0 Å². The van der Waals surface area contributed by atoms with Crippen LogP contribution in [-0.2, 0) is 0 Å². The number of benzene rings is 1. The molecule has 1 saturated heterocycles. The second-order valence-electron chi connectivity index (χ2n) is 4.81. The minimum Gasteiger partial charge on any atom is -0.399 e. The third-order valence-corrected chi connectivity index (χ3v) is 3.58. The summed E-state index contributed by atoms with van der Waals surface area (Å²) in [6.07, 6.45) is 0.451. The first-order valence-electron chi connectivity index (χ1n) is 6.01. The predicted octanol–water partition coefficient (Wildman–Crippen LogP) is 1.77. The molecule has 2 atom stereocenters. The van der Waals surface area contributed by atoms with Crippen LogP contribution in [0.1, 0.15) is 23.7 Å². The molecule has 1 aliphatic rings. The van der Waals surface area contributed by atoms with Gasteiger partial charge in [-0.2, -0.15) is 0 Å². The first-order chi connectivity index (χ1) is 8.47. The molecule has 0 bridgehead atoms. The van der Waals surface area contributed by atoms with Gasteiger partial charge in [0.15, 0.2) is 0 Å². The molecule has 0 saturated carbocycles. The van der Waals surface area contributed by atoms with Gasteiger partial charge in [-0.25, -0.2) is 0 Å². The lowest BCUT2D eigenvalue weighted by atomic mass is 10.0. The van der Waals surface area contributed by atoms with Crippen LogP contribution in [0.15, 0.2) is 18.2 Å². The molecule has 98 valence electrons. The summed E-state index contributed by atoms with van der Waals surface area (Å²) < 4.78 is 0. The monoisotopic (exact) mass is 268 g/mol. The lowest BCUT2D eigenvalue weighted by Crippen LogP contribution is -2.30. The number of nitrogens with two attached hydrogens (primary N) is 1. The molecule has 0 radical (unpaired) electrons. The van der Waals surface area contributed by atoms with Crippen molar-refractivity contribution in [3.63, 3.8) is 0 Å². The standard InChI is InChI=1S/C13H17ClN2O2/c1-8(17)9-2-3-16(7-9)13(18)10-4-11(14)6-12(15)5-10/h4-6,8-9,17H,2-3,7,15H2,1H3. The number of hydrogen-bond acceptors (Lipinski definition) is 3. The molecule has 1 aromatic carbocycles. The lowest BCUT2D eigenvalue weighted by Gasteiger charge is -2.18. The maximum atomic E-state index is 12.2. The number of nitrogens with zero attached hydrogens (tertiary/aromatic N) is 1. The zero-order chi connectivity index (χ0) is 13.3. The SMILES string of the molecule is CC(O)C1CCN(C(=O)c2cc(N)cc(Cl)c2)C1. The number of anilines is 1. The Bertz CT molecular complexity index is 442. The normalized spacial score (nSPS) is 21.1. The highest BCUT2D eigenvalue weighted by Crippen LogP contribution is 2.23. The van der Waals surface area contributed by atoms with Crippen LogP contribution in [0.3, 0.4) is 0 Å². The number of nitrogen functional groups attached to an aromatic ring is 1. The number of hydrogen-bond donors (Lipinski definition) is 2. The number of likely N-dealkylation sites (tertiary alicyclic amines) is 1. The minimum absolute atomic E-state index is 0.0765. The van der Waals surface area contributed by atoms with Crippen LogP contribution in [0.5, 0.6) is 0 Å². The third kappa shape index (κ3) is 2.76. The van der Waals surface area contributed by atoms with Gasteiger partial charge in [0.1, 0.15) is 0 Å². The molecule has 1 aromatic rings. The number of aliphatic hydroxyl groups excluding tert-OH is 1. The number of rotatable bonds is 2. The lowest BCUT2D eigenvalue weighted by molar-refractivity contribution is 0.0762. The molecule has 5 heteroatoms. The highest BCUT2D eigenvalue weighted by atomic mass is 35.5. The summed E-state index contributed by atoms with van der Waals surface area (Å²) in [7, 11) is 0. The van der Waals surface area contributed by atoms with Crippen LogP contribution in [0, 0.1) is 5.92 Å². The van der Waals surface area contributed by atoms with E-state index < -0.39 is 0 Å². The maximum Gasteiger partial charge on any atom is 0.253 e. The van der Waals surface area contributed by atoms with E-state index in [1.54, 1.807) is 30.0 Å². The van der Waals surface area contributed by atoms with Crippen molar-refractivity contribution in [3.05, 3.63) is 28.8 Å². The minimum atomic E-state index is -0.382. The fraction of sp³-hybridized carbons (Fsp3) is 0.462. The Balaban J connectivity index is 2.12. The largest absolute Gasteiger partial charge is 0.399 e. The van der Waals surface area contributed by atoms with Crippen molar-refractivity contribution in [3.8, 4) is 0 Å². The summed E-state index contributed by atoms with van der Waals surface area (Å²) in [6, 6.07) is 4.86. The molecule has 4 nitrogen and oxygen atoms in total. The Labute approximate surface area is 111 Å². The fourth-order valence-electron chi connectivity index (χ4n) is 2.28. The van der Waals surface area contributed by atoms with Crippen LogP contribution in [-0.4, -0.2) is 35.1 Å². The Morgan fingerprint density at radius 3 is 2.83 bits per heavy atom. The van der Waals surface area contributed by atoms with E-state index in [0.717, 1.165) is 6.42 Å². The van der Waals surface area contributed by atoms with Crippen molar-refractivity contribution >= 4 is 23.2 Å². The number of carbonyl (C=O) groups excluding carboxylic acids is 1. The second kappa shape index (κ2) is 5.16. The maximum absolute atomic E-state index is 12.2. The van der Waals surface area contributed by atoms with Crippen molar-refractivity contribution < 1.29 is 9.90 Å². The molecule has 2 rings (SSSR count). The summed E-state index contributed by atoms with van der Waals surface area (Å²) in [6.45, 7) is 3.01. The molecule has 1 heterocycles. The van der Waals surface area contributed by atoms with Gasteiger partial charge in [0.25, 0.3) is 5.91 Å². The zero-order valence-electron chi connectivity index (χ0n) is 10.3. The van der Waals surface area contributed by atoms with Crippen molar-refractivity contribution in [1.82, 2.24) is 4.90 Å². The topological polar surface area (TPSA) is 66.6 Å². The van der Waals surface area contributed by atoms with E-state index in [9.17, 15) is 9.90 Å². The van der Waals surface area contributed by atoms with Crippen molar-refractivity contribution in [2.24, 2.45) is 5.92 Å². The van der Waals surface area contributed by atoms with Gasteiger partial charge >= 0.3 is 0 Å². The Hall–Kier alpha value is -1.26. The quantitative estimate of drug-likeness (QED) is 0.804. The summed E-state index contributed by atoms with van der Waals surface area (Å²) in [5, 5.41) is 9.99. The van der Waals surface area contributed by atoms with E-state index >= 15 is 0 Å². The van der Waals surface area contributed by atoms with Gasteiger partial charge in [0, 0.05) is 35.3 Å². The average Bonchev–Trinajstić information content (AvgIpc) is 2.75. The molecule has 0 aliphatic carbocycles. The van der Waals surface area contributed by atoms with E-state index in [-0.39, 0.29) is 17.9 Å². The summed E-state index contributed by atoms with van der Waals surface area (Å²) in [4.78, 5) is 14.0. The Kier molecular flexibility index (Phi) is 3.78. The molecule has 18 heavy (non-hydrogen) atoms. The van der Waals surface area contributed by atoms with Gasteiger partial charge in [0.2, 0.25) is 0 Å². The van der Waals surface area contributed by atoms with Gasteiger partial charge < -0.3 is 15.7 Å². The molecule has 1 fully saturated rings. The molecular weight excluding hydrogens is 252 g/mol. The number of carbonyl (C=O) groups is 1. The molecule has 0 spiro atoms. The van der Waals surface area contributed by atoms with E-state index in [0.29, 0.717) is 29.4 Å². The molecule has 1 amide bonds. The predicted molar refractivity (Wildman–Crippen MR) is 71.6 cm³/mol. The van der Waals surface area contributed by atoms with Gasteiger partial charge in [-0.3, -0.25) is 4.79 Å². The summed E-state index contributed by atoms with van der Waals surface area (Å²) in [5.41, 5.74) is 6.67. The van der Waals surface area contributed by atoms with Crippen molar-refractivity contribution in [2.75, 3.05) is 18.8 Å². The van der Waals surface area contributed by atoms with E-state index in [1.807, 2.05) is 0 Å². The van der Waals surface area contributed by atoms with E-state index in [1.165, 1.54) is 0 Å². The number of aliphatic hydroxyl groups is 1. The molecule has 3 N–H and O–H groups in total. The Morgan fingerprint density at radius 2 is 2.28 bits per heavy atom. The first kappa shape index (κ1) is 13.2. The molecular formula is C13H17ClN2O2. The number of halogens is 1. The van der Waals surface area contributed by atoms with E-state index in [2.05, 4.69) is 0 Å². The highest BCUT2D eigenvalue weighted by Gasteiger charge is 2.29. The average molecular weight is 269 g/mol. The van der Waals surface area contributed by atoms with Crippen LogP contribution < -0.4 is 5.73 Å². The molecule has 0 aromatic heterocycles. The smallest absolute Gasteiger partial charge is 0.253 e. The van der Waals surface area contributed by atoms with Gasteiger partial charge in [-0.05, 0) is 31.5 Å². The van der Waals surface area contributed by atoms with Crippen molar-refractivity contribution in [1.29, 1.82) is 0 Å². The third-order valence-electron chi connectivity index (χ3n) is 3.36. The second-order valence-corrected chi connectivity index (χ2v) is 5.25. The first-order valence-corrected chi connectivity index (χ1v) is 6.38. The summed E-state index contributed by atoms with van der Waals surface area (Å²) >= 11 is 5.89. The number of amides is 1. The fourth-order valence-corrected chi connectivity index (χ4v) is 2.53. The van der Waals surface area contributed by atoms with E-state index in [4.69, 9.17) is 17.3 Å². The van der Waals surface area contributed by atoms with Gasteiger partial charge in [-0.1, -0.05) is 11.6 Å². The van der Waals surface area contributed by atoms with Gasteiger partial charge in [0.05, 0.1) is 6.10 Å². The Morgan fingerprint density at radius 1 is 1.56 bits per heavy atom. The van der Waals surface area contributed by atoms with Crippen LogP contribution in [0.25, 0.3) is 0 Å². The van der Waals surface area contributed by atoms with Crippen LogP contribution in [0.4, 0.5) is 5.69 Å². The zero-order valence-corrected chi connectivity index (χ0v) is 11.0. The highest BCUT2D eigenvalue weighted by molar-refractivity contribution is 6.31.